The van der Waals surface area contributed by atoms with Crippen molar-refractivity contribution in [2.75, 3.05) is 0 Å². The second kappa shape index (κ2) is 9.68. The Hall–Kier alpha value is -3.05. The van der Waals surface area contributed by atoms with Crippen molar-refractivity contribution in [2.24, 2.45) is 5.41 Å². The van der Waals surface area contributed by atoms with Crippen LogP contribution in [0.5, 0.6) is 0 Å². The molecule has 2 N–H and O–H groups in total. The van der Waals surface area contributed by atoms with Crippen molar-refractivity contribution in [1.82, 2.24) is 20.5 Å². The number of carbonyl (C=O) groups is 4. The van der Waals surface area contributed by atoms with Gasteiger partial charge in [-0.1, -0.05) is 25.4 Å². The Kier molecular flexibility index (Phi) is 6.70. The largest absolute Gasteiger partial charge is 0.442 e. The maximum Gasteiger partial charge on any atom is 0.407 e. The molecule has 1 saturated heterocycles. The molecule has 3 aliphatic rings. The maximum atomic E-state index is 15.3. The number of ether oxygens (including phenoxy) is 1. The molecule has 0 radical (unpaired) electrons. The number of halogens is 2. The van der Waals surface area contributed by atoms with Crippen molar-refractivity contribution in [3.8, 4) is 0 Å². The highest BCUT2D eigenvalue weighted by Crippen LogP contribution is 2.38. The normalized spacial score (nSPS) is 20.4. The molecule has 37 heavy (non-hydrogen) atoms. The molecule has 3 heterocycles. The van der Waals surface area contributed by atoms with Crippen molar-refractivity contribution in [3.63, 3.8) is 0 Å². The van der Waals surface area contributed by atoms with E-state index in [1.165, 1.54) is 15.8 Å². The van der Waals surface area contributed by atoms with Crippen molar-refractivity contribution in [3.05, 3.63) is 49.2 Å². The fraction of sp³-hybridized carbons (Fsp3) is 0.480. The highest BCUT2D eigenvalue weighted by Gasteiger charge is 2.42. The third kappa shape index (κ3) is 5.06. The molecular weight excluding hydrogens is 523 g/mol. The third-order valence-electron chi connectivity index (χ3n) is 7.03. The molecule has 1 aromatic carbocycles. The van der Waals surface area contributed by atoms with E-state index in [2.05, 4.69) is 29.5 Å². The van der Waals surface area contributed by atoms with E-state index in [1.807, 2.05) is 0 Å². The van der Waals surface area contributed by atoms with Gasteiger partial charge in [0, 0.05) is 40.5 Å². The second-order valence-corrected chi connectivity index (χ2v) is 11.9. The molecule has 2 aromatic rings. The van der Waals surface area contributed by atoms with Gasteiger partial charge in [0.2, 0.25) is 11.8 Å². The highest BCUT2D eigenvalue weighted by atomic mass is 35.5. The number of hydrogen-bond acceptors (Lipinski definition) is 7. The number of amides is 4. The number of carbonyl (C=O) groups excluding carboxylic acids is 4. The maximum absolute atomic E-state index is 15.3. The Balaban J connectivity index is 1.21. The summed E-state index contributed by atoms with van der Waals surface area (Å²) >= 11 is 7.89. The number of aromatic nitrogens is 1. The average Bonchev–Trinajstić information content (AvgIpc) is 3.39. The smallest absolute Gasteiger partial charge is 0.407 e. The molecule has 12 heteroatoms. The van der Waals surface area contributed by atoms with Crippen molar-refractivity contribution >= 4 is 46.8 Å². The minimum atomic E-state index is -0.882. The van der Waals surface area contributed by atoms with Crippen LogP contribution < -0.4 is 10.6 Å². The first-order chi connectivity index (χ1) is 17.5. The van der Waals surface area contributed by atoms with E-state index in [-0.39, 0.29) is 59.7 Å². The number of rotatable bonds is 5. The van der Waals surface area contributed by atoms with Gasteiger partial charge in [-0.3, -0.25) is 19.7 Å². The molecule has 5 rings (SSSR count). The zero-order chi connectivity index (χ0) is 26.5. The van der Waals surface area contributed by atoms with Gasteiger partial charge in [-0.05, 0) is 37.2 Å². The molecule has 1 fully saturated rings. The van der Waals surface area contributed by atoms with Gasteiger partial charge in [0.15, 0.2) is 0 Å². The Bertz CT molecular complexity index is 1330. The van der Waals surface area contributed by atoms with Gasteiger partial charge in [-0.15, -0.1) is 11.3 Å². The lowest BCUT2D eigenvalue weighted by Crippen LogP contribution is -2.52. The molecule has 1 aromatic heterocycles. The van der Waals surface area contributed by atoms with Gasteiger partial charge in [0.05, 0.1) is 11.3 Å². The monoisotopic (exact) mass is 548 g/mol. The van der Waals surface area contributed by atoms with Gasteiger partial charge in [-0.25, -0.2) is 14.2 Å². The van der Waals surface area contributed by atoms with Crippen LogP contribution in [0, 0.1) is 11.2 Å². The molecule has 1 aliphatic carbocycles. The van der Waals surface area contributed by atoms with Gasteiger partial charge < -0.3 is 15.0 Å². The minimum Gasteiger partial charge on any atom is -0.442 e. The van der Waals surface area contributed by atoms with Crippen molar-refractivity contribution in [2.45, 2.75) is 71.7 Å². The second-order valence-electron chi connectivity index (χ2n) is 10.3. The Labute approximate surface area is 221 Å². The SMILES string of the molecule is CC1(C)CCc2nc(COC(=O)NCc3cc(Cl)c4c(c3F)C(=O)N(C3CCC(=O)NC3=O)C4)sc2C1. The predicted octanol–water partition coefficient (Wildman–Crippen LogP) is 3.64. The van der Waals surface area contributed by atoms with Crippen LogP contribution in [0.4, 0.5) is 9.18 Å². The molecule has 4 amide bonds. The molecule has 1 unspecified atom stereocenters. The molecule has 1 atom stereocenters. The van der Waals surface area contributed by atoms with Gasteiger partial charge in [-0.2, -0.15) is 0 Å². The molecule has 2 aliphatic heterocycles. The quantitative estimate of drug-likeness (QED) is 0.551. The lowest BCUT2D eigenvalue weighted by Gasteiger charge is -2.29. The first-order valence-corrected chi connectivity index (χ1v) is 13.2. The number of aryl methyl sites for hydroxylation is 1. The van der Waals surface area contributed by atoms with E-state index in [0.29, 0.717) is 5.01 Å². The number of nitrogens with zero attached hydrogens (tertiary/aromatic N) is 2. The van der Waals surface area contributed by atoms with Crippen molar-refractivity contribution < 1.29 is 28.3 Å². The number of hydrogen-bond donors (Lipinski definition) is 2. The van der Waals surface area contributed by atoms with Gasteiger partial charge in [0.25, 0.3) is 5.91 Å². The standard InChI is InChI=1S/C25H26ClFN4O5S/c1-25(2)6-5-15-17(8-25)37-19(29-15)11-36-24(35)28-9-12-7-14(26)13-10-31(23(34)20(13)21(12)27)16-3-4-18(32)30-22(16)33/h7,16H,3-6,8-11H2,1-2H3,(H,28,35)(H,30,32,33). The number of nitrogens with one attached hydrogen (secondary N) is 2. The van der Waals surface area contributed by atoms with Gasteiger partial charge >= 0.3 is 6.09 Å². The molecule has 196 valence electrons. The number of thiazole rings is 1. The minimum absolute atomic E-state index is 0.0107. The predicted molar refractivity (Wildman–Crippen MR) is 132 cm³/mol. The molecule has 0 spiro atoms. The van der Waals surface area contributed by atoms with Crippen LogP contribution in [-0.4, -0.2) is 39.7 Å². The molecule has 0 saturated carbocycles. The van der Waals surface area contributed by atoms with Crippen LogP contribution in [0.1, 0.15) is 70.2 Å². The summed E-state index contributed by atoms with van der Waals surface area (Å²) in [4.78, 5) is 56.0. The van der Waals surface area contributed by atoms with Crippen LogP contribution >= 0.6 is 22.9 Å². The third-order valence-corrected chi connectivity index (χ3v) is 8.44. The number of benzene rings is 1. The lowest BCUT2D eigenvalue weighted by atomic mass is 9.79. The summed E-state index contributed by atoms with van der Waals surface area (Å²) in [5.74, 6) is -2.49. The van der Waals surface area contributed by atoms with Crippen LogP contribution in [0.25, 0.3) is 0 Å². The highest BCUT2D eigenvalue weighted by molar-refractivity contribution is 7.11. The van der Waals surface area contributed by atoms with E-state index < -0.39 is 35.7 Å². The first-order valence-electron chi connectivity index (χ1n) is 12.0. The number of imide groups is 1. The van der Waals surface area contributed by atoms with Crippen LogP contribution in [0.3, 0.4) is 0 Å². The van der Waals surface area contributed by atoms with Crippen LogP contribution in [0.15, 0.2) is 6.07 Å². The summed E-state index contributed by atoms with van der Waals surface area (Å²) in [5, 5.41) is 5.57. The summed E-state index contributed by atoms with van der Waals surface area (Å²) in [5.41, 5.74) is 1.37. The summed E-state index contributed by atoms with van der Waals surface area (Å²) in [6.45, 7) is 4.18. The van der Waals surface area contributed by atoms with Crippen molar-refractivity contribution in [1.29, 1.82) is 0 Å². The number of alkyl carbamates (subject to hydrolysis) is 1. The zero-order valence-corrected chi connectivity index (χ0v) is 22.0. The molecule has 9 nitrogen and oxygen atoms in total. The summed E-state index contributed by atoms with van der Waals surface area (Å²) < 4.78 is 20.6. The Morgan fingerprint density at radius 3 is 2.89 bits per heavy atom. The van der Waals surface area contributed by atoms with Crippen LogP contribution in [-0.2, 0) is 46.9 Å². The van der Waals surface area contributed by atoms with E-state index in [0.717, 1.165) is 25.0 Å². The summed E-state index contributed by atoms with van der Waals surface area (Å²) in [6.07, 6.45) is 2.41. The van der Waals surface area contributed by atoms with Crippen LogP contribution in [0.2, 0.25) is 5.02 Å². The Morgan fingerprint density at radius 2 is 2.14 bits per heavy atom. The zero-order valence-electron chi connectivity index (χ0n) is 20.4. The van der Waals surface area contributed by atoms with E-state index in [1.54, 1.807) is 11.3 Å². The number of piperidine rings is 1. The van der Waals surface area contributed by atoms with E-state index >= 15 is 4.39 Å². The van der Waals surface area contributed by atoms with E-state index in [4.69, 9.17) is 16.3 Å². The molecule has 0 bridgehead atoms. The first kappa shape index (κ1) is 25.6. The summed E-state index contributed by atoms with van der Waals surface area (Å²) in [6, 6.07) is 0.473. The number of fused-ring (bicyclic) bond motifs is 2. The topological polar surface area (TPSA) is 118 Å². The molecular formula is C25H26ClFN4O5S. The summed E-state index contributed by atoms with van der Waals surface area (Å²) in [7, 11) is 0. The van der Waals surface area contributed by atoms with Gasteiger partial charge in [0.1, 0.15) is 23.5 Å². The van der Waals surface area contributed by atoms with E-state index in [9.17, 15) is 19.2 Å². The fourth-order valence-electron chi connectivity index (χ4n) is 5.00. The fourth-order valence-corrected chi connectivity index (χ4v) is 6.57. The average molecular weight is 549 g/mol. The Morgan fingerprint density at radius 1 is 1.35 bits per heavy atom. The lowest BCUT2D eigenvalue weighted by molar-refractivity contribution is -0.136.